The molecule has 0 aliphatic carbocycles. The monoisotopic (exact) mass is 835 g/mol. The molecule has 0 fully saturated rings. The van der Waals surface area contributed by atoms with Crippen LogP contribution in [0.15, 0.2) is 132 Å². The smallest absolute Gasteiger partial charge is 0.305 e. The van der Waals surface area contributed by atoms with Crippen LogP contribution in [0.1, 0.15) is 73.1 Å². The number of hydrogen-bond donors (Lipinski definition) is 7. The van der Waals surface area contributed by atoms with Crippen molar-refractivity contribution in [2.75, 3.05) is 6.61 Å². The van der Waals surface area contributed by atoms with Gasteiger partial charge in [-0.2, -0.15) is 0 Å². The summed E-state index contributed by atoms with van der Waals surface area (Å²) in [6.45, 7) is 13.5. The van der Waals surface area contributed by atoms with Gasteiger partial charge in [-0.25, -0.2) is 15.0 Å². The van der Waals surface area contributed by atoms with Gasteiger partial charge in [0.05, 0.1) is 71.5 Å². The topological polar surface area (TPSA) is 258 Å². The first-order chi connectivity index (χ1) is 29.0. The van der Waals surface area contributed by atoms with Crippen molar-refractivity contribution < 1.29 is 48.9 Å². The minimum Gasteiger partial charge on any atom is -0.481 e. The normalized spacial score (nSPS) is 20.5. The van der Waals surface area contributed by atoms with Crippen LogP contribution in [0.3, 0.4) is 0 Å². The summed E-state index contributed by atoms with van der Waals surface area (Å²) < 4.78 is 0. The van der Waals surface area contributed by atoms with E-state index in [-0.39, 0.29) is 25.7 Å². The lowest BCUT2D eigenvalue weighted by atomic mass is 9.92. The van der Waals surface area contributed by atoms with Gasteiger partial charge in [0, 0.05) is 35.9 Å². The van der Waals surface area contributed by atoms with Gasteiger partial charge in [-0.05, 0) is 106 Å². The number of hydrogen-bond acceptors (Lipinski definition) is 13. The molecule has 17 nitrogen and oxygen atoms in total. The Morgan fingerprint density at radius 2 is 1.36 bits per heavy atom. The number of aliphatic carboxylic acids is 2. The number of aliphatic hydroxyl groups is 1. The number of fused-ring (bicyclic) bond motifs is 5. The lowest BCUT2D eigenvalue weighted by Crippen LogP contribution is -2.37. The molecule has 0 aromatic heterocycles. The molecule has 0 saturated heterocycles. The van der Waals surface area contributed by atoms with Crippen molar-refractivity contribution in [1.82, 2.24) is 21.4 Å². The Bertz CT molecular complexity index is 2340. The largest absolute Gasteiger partial charge is 0.481 e. The van der Waals surface area contributed by atoms with E-state index in [1.54, 1.807) is 37.4 Å². The highest BCUT2D eigenvalue weighted by molar-refractivity contribution is 6.18. The maximum absolute atomic E-state index is 13.1. The molecule has 0 spiro atoms. The van der Waals surface area contributed by atoms with Crippen LogP contribution >= 0.6 is 0 Å². The van der Waals surface area contributed by atoms with Crippen LogP contribution in [0, 0.1) is 0 Å². The zero-order valence-electron chi connectivity index (χ0n) is 34.5. The number of allylic oxidation sites excluding steroid dienone is 11. The molecule has 5 heterocycles. The van der Waals surface area contributed by atoms with Crippen molar-refractivity contribution in [1.29, 1.82) is 0 Å². The van der Waals surface area contributed by atoms with Crippen LogP contribution in [-0.2, 0) is 33.6 Å². The first-order valence-electron chi connectivity index (χ1n) is 19.6. The first kappa shape index (κ1) is 45.2. The number of hydroxylamine groups is 1. The summed E-state index contributed by atoms with van der Waals surface area (Å²) in [5, 5.41) is 38.8. The molecule has 320 valence electrons. The van der Waals surface area contributed by atoms with Gasteiger partial charge in [0.2, 0.25) is 11.8 Å². The summed E-state index contributed by atoms with van der Waals surface area (Å²) in [6, 6.07) is -2.42. The quantitative estimate of drug-likeness (QED) is 0.0560. The predicted molar refractivity (Wildman–Crippen MR) is 227 cm³/mol. The fourth-order valence-electron chi connectivity index (χ4n) is 7.26. The Labute approximate surface area is 352 Å². The van der Waals surface area contributed by atoms with Crippen molar-refractivity contribution in [3.63, 3.8) is 0 Å². The lowest BCUT2D eigenvalue weighted by Gasteiger charge is -2.21. The molecule has 8 bridgehead atoms. The zero-order valence-corrected chi connectivity index (χ0v) is 34.5. The Morgan fingerprint density at radius 1 is 0.803 bits per heavy atom. The first-order valence-corrected chi connectivity index (χ1v) is 19.6. The summed E-state index contributed by atoms with van der Waals surface area (Å²) in [6.07, 6.45) is 11.7. The van der Waals surface area contributed by atoms with E-state index in [9.17, 15) is 33.9 Å². The number of carbonyl (C=O) groups excluding carboxylic acids is 4. The molecular weight excluding hydrogens is 787 g/mol. The highest BCUT2D eigenvalue weighted by atomic mass is 16.6. The van der Waals surface area contributed by atoms with Gasteiger partial charge in [0.25, 0.3) is 0 Å². The van der Waals surface area contributed by atoms with Gasteiger partial charge in [-0.1, -0.05) is 12.7 Å². The zero-order chi connectivity index (χ0) is 44.6. The number of nitrogens with one attached hydrogen (secondary N) is 4. The van der Waals surface area contributed by atoms with E-state index in [2.05, 4.69) is 28.0 Å². The molecule has 17 heteroatoms. The second-order valence-corrected chi connectivity index (χ2v) is 14.8. The molecule has 1 unspecified atom stereocenters. The number of amides is 2. The second-order valence-electron chi connectivity index (χ2n) is 14.8. The minimum absolute atomic E-state index is 0.111. The van der Waals surface area contributed by atoms with Crippen molar-refractivity contribution >= 4 is 53.5 Å². The third-order valence-corrected chi connectivity index (χ3v) is 10.6. The Morgan fingerprint density at radius 3 is 1.93 bits per heavy atom. The van der Waals surface area contributed by atoms with Gasteiger partial charge >= 0.3 is 11.9 Å². The van der Waals surface area contributed by atoms with Crippen LogP contribution in [0.5, 0.6) is 0 Å². The maximum atomic E-state index is 13.1. The van der Waals surface area contributed by atoms with Crippen LogP contribution < -0.4 is 21.4 Å². The Balaban J connectivity index is 1.66. The van der Waals surface area contributed by atoms with E-state index in [0.29, 0.717) is 87.1 Å². The van der Waals surface area contributed by atoms with Crippen molar-refractivity contribution in [2.24, 2.45) is 15.0 Å². The summed E-state index contributed by atoms with van der Waals surface area (Å²) in [5.74, 6) is -3.58. The third kappa shape index (κ3) is 10.5. The van der Waals surface area contributed by atoms with Gasteiger partial charge < -0.3 is 40.9 Å². The van der Waals surface area contributed by atoms with E-state index in [1.165, 1.54) is 0 Å². The third-order valence-electron chi connectivity index (χ3n) is 10.6. The number of carboxylic acid groups (broad SMARTS) is 2. The van der Waals surface area contributed by atoms with Crippen LogP contribution in [0.2, 0.25) is 0 Å². The lowest BCUT2D eigenvalue weighted by molar-refractivity contribution is -0.139. The van der Waals surface area contributed by atoms with E-state index in [1.807, 2.05) is 39.8 Å². The number of nitrogens with zero attached hydrogens (tertiary/aromatic N) is 3. The van der Waals surface area contributed by atoms with Gasteiger partial charge in [0.15, 0.2) is 0 Å². The van der Waals surface area contributed by atoms with Gasteiger partial charge in [0.1, 0.15) is 18.2 Å². The van der Waals surface area contributed by atoms with Crippen molar-refractivity contribution in [3.05, 3.63) is 117 Å². The summed E-state index contributed by atoms with van der Waals surface area (Å²) in [5.41, 5.74) is 9.88. The summed E-state index contributed by atoms with van der Waals surface area (Å²) in [7, 11) is 0. The van der Waals surface area contributed by atoms with Crippen LogP contribution in [0.25, 0.3) is 0 Å². The molecular formula is C44H49N7O10. The number of aliphatic imine (C=N–C) groups is 3. The molecule has 0 radical (unpaired) electrons. The number of carboxylic acids is 2. The highest BCUT2D eigenvalue weighted by Gasteiger charge is 2.39. The molecule has 5 rings (SSSR count). The summed E-state index contributed by atoms with van der Waals surface area (Å²) >= 11 is 0. The molecule has 5 aliphatic rings. The number of aldehydes is 2. The molecule has 3 atom stereocenters. The SMILES string of the molecule is C=CC1=C(C)C2=CC3=C(/C=C/NOCC)C(C)(O)C(=CC4=NC(=CC5=NC(=CC1=N2)C(C)=C5CCC(=O)N[C@@H](C=O)CC(=O)O)C(CCC(=O)N[C@@H](C=O)CC(=O)O)=C4C)N3. The van der Waals surface area contributed by atoms with E-state index >= 15 is 0 Å². The van der Waals surface area contributed by atoms with E-state index < -0.39 is 54.3 Å². The Kier molecular flexibility index (Phi) is 14.4. The molecule has 0 aromatic rings. The molecule has 0 aromatic carbocycles. The van der Waals surface area contributed by atoms with Gasteiger partial charge in [-0.15, -0.1) is 0 Å². The van der Waals surface area contributed by atoms with E-state index in [0.717, 1.165) is 16.7 Å². The second kappa shape index (κ2) is 19.5. The van der Waals surface area contributed by atoms with Crippen molar-refractivity contribution in [3.8, 4) is 0 Å². The predicted octanol–water partition coefficient (Wildman–Crippen LogP) is 3.58. The average molecular weight is 836 g/mol. The number of carbonyl (C=O) groups is 6. The van der Waals surface area contributed by atoms with Crippen molar-refractivity contribution in [2.45, 2.75) is 90.8 Å². The van der Waals surface area contributed by atoms with Crippen LogP contribution in [-0.4, -0.2) is 93.1 Å². The average Bonchev–Trinajstić information content (AvgIpc) is 3.84. The summed E-state index contributed by atoms with van der Waals surface area (Å²) in [4.78, 5) is 91.8. The fourth-order valence-corrected chi connectivity index (χ4v) is 7.26. The number of rotatable bonds is 19. The molecule has 5 aliphatic heterocycles. The highest BCUT2D eigenvalue weighted by Crippen LogP contribution is 2.40. The minimum atomic E-state index is -1.58. The molecule has 2 amide bonds. The standard InChI is InChI=1S/C44H49N7O10/c1-7-28-23(3)33-18-38-31(13-14-45-61-8-2)44(6,60)39(51-38)20-34-25(5)30(10-12-41(55)47-27(22-53)16-43(58)59)37(50-34)19-36-29(24(4)32(49-36)17-35(28)48-33)9-11-40(54)46-26(21-52)15-42(56)57/h7,13-14,17-22,26-27,45,51,60H,1,8-12,15-16H2,2-6H3,(H,46,54)(H,47,55)(H,56,57)(H,58,59)/b14-13+,32-17?,33-18?,37-19?,39-20?/t26-,27-,44?/m1/s1. The van der Waals surface area contributed by atoms with Gasteiger partial charge in [-0.3, -0.25) is 29.5 Å². The molecule has 7 N–H and O–H groups in total. The Hall–Kier alpha value is -6.85. The van der Waals surface area contributed by atoms with E-state index in [4.69, 9.17) is 30.0 Å². The van der Waals surface area contributed by atoms with Crippen LogP contribution in [0.4, 0.5) is 0 Å². The maximum Gasteiger partial charge on any atom is 0.305 e. The molecule has 61 heavy (non-hydrogen) atoms. The molecule has 0 saturated carbocycles. The fraction of sp³-hybridized carbons (Fsp3) is 0.341.